The molecule has 0 aromatic carbocycles. The molecule has 2 aliphatic rings. The van der Waals surface area contributed by atoms with Gasteiger partial charge in [0.15, 0.2) is 0 Å². The smallest absolute Gasteiger partial charge is 0.255 e. The molecule has 2 amide bonds. The molecule has 0 bridgehead atoms. The van der Waals surface area contributed by atoms with Gasteiger partial charge in [-0.1, -0.05) is 0 Å². The van der Waals surface area contributed by atoms with E-state index in [0.29, 0.717) is 25.1 Å². The van der Waals surface area contributed by atoms with Crippen molar-refractivity contribution in [2.45, 2.75) is 31.5 Å². The van der Waals surface area contributed by atoms with Gasteiger partial charge in [-0.25, -0.2) is 0 Å². The monoisotopic (exact) mass is 323 g/mol. The lowest BCUT2D eigenvalue weighted by molar-refractivity contribution is -0.129. The van der Waals surface area contributed by atoms with E-state index in [4.69, 9.17) is 0 Å². The van der Waals surface area contributed by atoms with Crippen molar-refractivity contribution in [1.82, 2.24) is 25.0 Å². The summed E-state index contributed by atoms with van der Waals surface area (Å²) in [4.78, 5) is 32.8. The molecule has 2 aromatic rings. The van der Waals surface area contributed by atoms with Crippen LogP contribution in [0.25, 0.3) is 0 Å². The number of amides is 2. The third kappa shape index (κ3) is 2.51. The quantitative estimate of drug-likeness (QED) is 0.838. The molecule has 2 saturated heterocycles. The number of likely N-dealkylation sites (tertiary alicyclic amines) is 2. The second kappa shape index (κ2) is 5.99. The molecule has 2 fully saturated rings. The molecular weight excluding hydrogens is 306 g/mol. The summed E-state index contributed by atoms with van der Waals surface area (Å²) in [5.74, 6) is 0.0307. The minimum absolute atomic E-state index is 0.0556. The summed E-state index contributed by atoms with van der Waals surface area (Å²) in [6, 6.07) is 5.53. The third-order valence-corrected chi connectivity index (χ3v) is 4.81. The van der Waals surface area contributed by atoms with Crippen molar-refractivity contribution >= 4 is 11.8 Å². The maximum Gasteiger partial charge on any atom is 0.255 e. The zero-order chi connectivity index (χ0) is 16.5. The normalized spacial score (nSPS) is 22.8. The van der Waals surface area contributed by atoms with Gasteiger partial charge in [0.25, 0.3) is 5.91 Å². The Morgan fingerprint density at radius 1 is 1.12 bits per heavy atom. The highest BCUT2D eigenvalue weighted by atomic mass is 16.2. The fraction of sp³-hybridized carbons (Fsp3) is 0.353. The summed E-state index contributed by atoms with van der Waals surface area (Å²) in [6.07, 6.45) is 7.64. The Bertz CT molecular complexity index is 752. The minimum atomic E-state index is -0.0732. The molecule has 0 saturated carbocycles. The van der Waals surface area contributed by atoms with Crippen LogP contribution in [0.1, 0.15) is 28.8 Å². The Labute approximate surface area is 139 Å². The number of carbonyl (C=O) groups excluding carboxylic acids is 2. The second-order valence-electron chi connectivity index (χ2n) is 6.13. The summed E-state index contributed by atoms with van der Waals surface area (Å²) < 4.78 is 0. The van der Waals surface area contributed by atoms with Crippen LogP contribution in [0.3, 0.4) is 0 Å². The van der Waals surface area contributed by atoms with Crippen molar-refractivity contribution in [2.24, 2.45) is 0 Å². The Hall–Kier alpha value is -2.83. The standard InChI is InChI=1S/C17H17N5O2/c23-16-9-15-14(22(16)11-12-1-5-18-6-2-12)4-8-21(15)17(24)13-3-7-19-20-10-13/h1-3,5-7,10,14-15H,4,8-9,11H2/t14-,15+/m0/s1. The van der Waals surface area contributed by atoms with Crippen LogP contribution < -0.4 is 0 Å². The summed E-state index contributed by atoms with van der Waals surface area (Å²) >= 11 is 0. The largest absolute Gasteiger partial charge is 0.333 e. The summed E-state index contributed by atoms with van der Waals surface area (Å²) in [6.45, 7) is 1.23. The molecule has 2 aromatic heterocycles. The van der Waals surface area contributed by atoms with Crippen LogP contribution in [0.5, 0.6) is 0 Å². The van der Waals surface area contributed by atoms with Gasteiger partial charge in [-0.2, -0.15) is 10.2 Å². The summed E-state index contributed by atoms with van der Waals surface area (Å²) in [7, 11) is 0. The van der Waals surface area contributed by atoms with Gasteiger partial charge in [0.05, 0.1) is 30.0 Å². The lowest BCUT2D eigenvalue weighted by Crippen LogP contribution is -2.39. The summed E-state index contributed by atoms with van der Waals surface area (Å²) in [5, 5.41) is 7.47. The molecule has 0 aliphatic carbocycles. The van der Waals surface area contributed by atoms with E-state index in [1.54, 1.807) is 18.5 Å². The van der Waals surface area contributed by atoms with Gasteiger partial charge in [-0.3, -0.25) is 14.6 Å². The lowest BCUT2D eigenvalue weighted by atomic mass is 10.1. The van der Waals surface area contributed by atoms with E-state index in [9.17, 15) is 9.59 Å². The number of pyridine rings is 1. The van der Waals surface area contributed by atoms with Gasteiger partial charge >= 0.3 is 0 Å². The average molecular weight is 323 g/mol. The SMILES string of the molecule is O=C(c1ccnnc1)N1CC[C@H]2[C@H]1CC(=O)N2Cc1ccncc1. The molecule has 2 atom stereocenters. The predicted molar refractivity (Wildman–Crippen MR) is 84.7 cm³/mol. The van der Waals surface area contributed by atoms with E-state index in [1.807, 2.05) is 21.9 Å². The fourth-order valence-electron chi connectivity index (χ4n) is 3.65. The van der Waals surface area contributed by atoms with Gasteiger partial charge in [0, 0.05) is 31.9 Å². The Balaban J connectivity index is 1.52. The number of nitrogens with zero attached hydrogens (tertiary/aromatic N) is 5. The number of hydrogen-bond donors (Lipinski definition) is 0. The van der Waals surface area contributed by atoms with E-state index in [-0.39, 0.29) is 23.9 Å². The van der Waals surface area contributed by atoms with E-state index in [2.05, 4.69) is 15.2 Å². The highest BCUT2D eigenvalue weighted by Crippen LogP contribution is 2.34. The summed E-state index contributed by atoms with van der Waals surface area (Å²) in [5.41, 5.74) is 1.58. The van der Waals surface area contributed by atoms with Gasteiger partial charge in [0.1, 0.15) is 0 Å². The first-order valence-electron chi connectivity index (χ1n) is 8.00. The first kappa shape index (κ1) is 14.7. The molecule has 7 heteroatoms. The average Bonchev–Trinajstić information content (AvgIpc) is 3.16. The van der Waals surface area contributed by atoms with E-state index < -0.39 is 0 Å². The van der Waals surface area contributed by atoms with Crippen LogP contribution in [0.15, 0.2) is 43.0 Å². The molecule has 4 rings (SSSR count). The maximum atomic E-state index is 12.7. The van der Waals surface area contributed by atoms with E-state index >= 15 is 0 Å². The van der Waals surface area contributed by atoms with E-state index in [0.717, 1.165) is 12.0 Å². The topological polar surface area (TPSA) is 79.3 Å². The van der Waals surface area contributed by atoms with Crippen molar-refractivity contribution < 1.29 is 9.59 Å². The van der Waals surface area contributed by atoms with Crippen LogP contribution in [-0.4, -0.2) is 55.4 Å². The van der Waals surface area contributed by atoms with Crippen LogP contribution in [-0.2, 0) is 11.3 Å². The van der Waals surface area contributed by atoms with Crippen molar-refractivity contribution in [3.63, 3.8) is 0 Å². The molecule has 0 spiro atoms. The van der Waals surface area contributed by atoms with Gasteiger partial charge in [0.2, 0.25) is 5.91 Å². The molecule has 4 heterocycles. The molecule has 122 valence electrons. The molecule has 0 N–H and O–H groups in total. The van der Waals surface area contributed by atoms with Crippen molar-refractivity contribution in [3.8, 4) is 0 Å². The predicted octanol–water partition coefficient (Wildman–Crippen LogP) is 0.887. The highest BCUT2D eigenvalue weighted by molar-refractivity contribution is 5.95. The van der Waals surface area contributed by atoms with Gasteiger partial charge < -0.3 is 9.80 Å². The zero-order valence-electron chi connectivity index (χ0n) is 13.1. The number of carbonyl (C=O) groups is 2. The maximum absolute atomic E-state index is 12.7. The molecule has 24 heavy (non-hydrogen) atoms. The third-order valence-electron chi connectivity index (χ3n) is 4.81. The molecular formula is C17H17N5O2. The fourth-order valence-corrected chi connectivity index (χ4v) is 3.65. The van der Waals surface area contributed by atoms with Crippen LogP contribution in [0, 0.1) is 0 Å². The number of hydrogen-bond acceptors (Lipinski definition) is 5. The van der Waals surface area contributed by atoms with Crippen LogP contribution >= 0.6 is 0 Å². The lowest BCUT2D eigenvalue weighted by Gasteiger charge is -2.25. The van der Waals surface area contributed by atoms with Gasteiger partial charge in [-0.15, -0.1) is 0 Å². The molecule has 0 radical (unpaired) electrons. The van der Waals surface area contributed by atoms with Crippen LogP contribution in [0.2, 0.25) is 0 Å². The number of aromatic nitrogens is 3. The van der Waals surface area contributed by atoms with Crippen molar-refractivity contribution in [1.29, 1.82) is 0 Å². The van der Waals surface area contributed by atoms with E-state index in [1.165, 1.54) is 12.4 Å². The van der Waals surface area contributed by atoms with Gasteiger partial charge in [-0.05, 0) is 30.2 Å². The number of rotatable bonds is 3. The minimum Gasteiger partial charge on any atom is -0.333 e. The molecule has 7 nitrogen and oxygen atoms in total. The highest BCUT2D eigenvalue weighted by Gasteiger charge is 2.48. The van der Waals surface area contributed by atoms with Crippen molar-refractivity contribution in [3.05, 3.63) is 54.1 Å². The Morgan fingerprint density at radius 3 is 2.71 bits per heavy atom. The number of fused-ring (bicyclic) bond motifs is 1. The Morgan fingerprint density at radius 2 is 1.96 bits per heavy atom. The van der Waals surface area contributed by atoms with Crippen molar-refractivity contribution in [2.75, 3.05) is 6.54 Å². The van der Waals surface area contributed by atoms with Crippen LogP contribution in [0.4, 0.5) is 0 Å². The first-order valence-corrected chi connectivity index (χ1v) is 8.00. The zero-order valence-corrected chi connectivity index (χ0v) is 13.1. The molecule has 2 aliphatic heterocycles. The second-order valence-corrected chi connectivity index (χ2v) is 6.13. The Kier molecular flexibility index (Phi) is 3.68. The first-order chi connectivity index (χ1) is 11.7. The molecule has 0 unspecified atom stereocenters.